The second-order valence-corrected chi connectivity index (χ2v) is 6.43. The number of carboxylic acids is 1. The third kappa shape index (κ3) is 4.91. The Morgan fingerprint density at radius 2 is 2.08 bits per heavy atom. The van der Waals surface area contributed by atoms with Crippen LogP contribution >= 0.6 is 15.9 Å². The monoisotopic (exact) mass is 420 g/mol. The van der Waals surface area contributed by atoms with Crippen LogP contribution in [0.4, 0.5) is 14.5 Å². The molecule has 8 nitrogen and oxygen atoms in total. The Bertz CT molecular complexity index is 695. The Morgan fingerprint density at radius 3 is 2.64 bits per heavy atom. The van der Waals surface area contributed by atoms with E-state index < -0.39 is 47.1 Å². The summed E-state index contributed by atoms with van der Waals surface area (Å²) in [7, 11) is 0. The molecule has 11 heteroatoms. The van der Waals surface area contributed by atoms with Crippen LogP contribution in [0.15, 0.2) is 20.9 Å². The molecule has 0 bridgehead atoms. The Kier molecular flexibility index (Phi) is 6.34. The van der Waals surface area contributed by atoms with Crippen molar-refractivity contribution >= 4 is 27.6 Å². The molecule has 1 fully saturated rings. The lowest BCUT2D eigenvalue weighted by Gasteiger charge is -2.16. The van der Waals surface area contributed by atoms with Crippen molar-refractivity contribution in [1.82, 2.24) is 5.01 Å². The molecule has 1 aliphatic rings. The molecule has 2 rings (SSSR count). The number of hydrogen-bond acceptors (Lipinski definition) is 5. The molecule has 25 heavy (non-hydrogen) atoms. The molecule has 1 atom stereocenters. The van der Waals surface area contributed by atoms with E-state index >= 15 is 0 Å². The van der Waals surface area contributed by atoms with Crippen LogP contribution in [-0.2, 0) is 4.79 Å². The van der Waals surface area contributed by atoms with E-state index in [-0.39, 0.29) is 10.0 Å². The quantitative estimate of drug-likeness (QED) is 0.411. The summed E-state index contributed by atoms with van der Waals surface area (Å²) in [5.74, 6) is -4.75. The minimum Gasteiger partial charge on any atom is -0.481 e. The number of carbonyl (C=O) groups is 1. The minimum absolute atomic E-state index is 0.0873. The Labute approximate surface area is 149 Å². The summed E-state index contributed by atoms with van der Waals surface area (Å²) in [5.41, 5.74) is -0.986. The number of aliphatic carboxylic acids is 1. The van der Waals surface area contributed by atoms with E-state index in [0.29, 0.717) is 13.1 Å². The third-order valence-electron chi connectivity index (χ3n) is 3.73. The van der Waals surface area contributed by atoms with Crippen molar-refractivity contribution in [2.75, 3.05) is 19.6 Å². The van der Waals surface area contributed by atoms with Gasteiger partial charge in [-0.05, 0) is 18.9 Å². The van der Waals surface area contributed by atoms with Gasteiger partial charge in [0, 0.05) is 28.0 Å². The lowest BCUT2D eigenvalue weighted by atomic mass is 9.94. The van der Waals surface area contributed by atoms with Gasteiger partial charge >= 0.3 is 5.97 Å². The molecular formula is C14H15BrF2N4O4. The lowest BCUT2D eigenvalue weighted by Crippen LogP contribution is -2.18. The van der Waals surface area contributed by atoms with Gasteiger partial charge in [-0.1, -0.05) is 21.2 Å². The minimum atomic E-state index is -1.33. The van der Waals surface area contributed by atoms with Gasteiger partial charge in [-0.3, -0.25) is 19.9 Å². The van der Waals surface area contributed by atoms with Gasteiger partial charge in [0.25, 0.3) is 0 Å². The highest BCUT2D eigenvalue weighted by Gasteiger charge is 2.30. The van der Waals surface area contributed by atoms with E-state index in [9.17, 15) is 23.7 Å². The number of nitro groups is 1. The topological polar surface area (TPSA) is 108 Å². The Balaban J connectivity index is 2.43. The zero-order chi connectivity index (χ0) is 18.6. The van der Waals surface area contributed by atoms with Crippen molar-refractivity contribution in [2.45, 2.75) is 25.2 Å². The van der Waals surface area contributed by atoms with Crippen LogP contribution in [0.3, 0.4) is 0 Å². The van der Waals surface area contributed by atoms with Crippen LogP contribution in [0.5, 0.6) is 0 Å². The number of halogens is 3. The molecule has 0 aromatic heterocycles. The van der Waals surface area contributed by atoms with Crippen molar-refractivity contribution in [1.29, 1.82) is 0 Å². The van der Waals surface area contributed by atoms with Crippen molar-refractivity contribution in [3.8, 4) is 0 Å². The van der Waals surface area contributed by atoms with Gasteiger partial charge in [-0.25, -0.2) is 8.78 Å². The third-order valence-corrected chi connectivity index (χ3v) is 4.39. The normalized spacial score (nSPS) is 15.7. The van der Waals surface area contributed by atoms with Gasteiger partial charge in [0.05, 0.1) is 12.3 Å². The first-order chi connectivity index (χ1) is 11.8. The number of hydrogen-bond donors (Lipinski definition) is 1. The molecule has 1 unspecified atom stereocenters. The maximum Gasteiger partial charge on any atom is 0.304 e. The van der Waals surface area contributed by atoms with E-state index in [1.165, 1.54) is 0 Å². The zero-order valence-corrected chi connectivity index (χ0v) is 14.6. The van der Waals surface area contributed by atoms with Crippen LogP contribution in [0, 0.1) is 21.7 Å². The average molecular weight is 421 g/mol. The fourth-order valence-electron chi connectivity index (χ4n) is 2.61. The van der Waals surface area contributed by atoms with Crippen molar-refractivity contribution < 1.29 is 23.6 Å². The molecule has 0 spiro atoms. The molecular weight excluding hydrogens is 406 g/mol. The molecule has 0 saturated carbocycles. The first-order valence-corrected chi connectivity index (χ1v) is 8.26. The molecule has 1 saturated heterocycles. The summed E-state index contributed by atoms with van der Waals surface area (Å²) in [6.45, 7) is 0.439. The van der Waals surface area contributed by atoms with Crippen molar-refractivity contribution in [3.05, 3.63) is 37.9 Å². The Hall–Kier alpha value is -2.17. The maximum absolute atomic E-state index is 14.8. The standard InChI is InChI=1S/C14H15BrF2N4O4/c15-9-6-10(16)14(18-19-20-3-1-2-4-20)13(17)12(9)8(5-11(22)23)7-21(24)25/h6,8H,1-5,7H2,(H,22,23). The molecule has 1 heterocycles. The molecule has 0 radical (unpaired) electrons. The molecule has 1 aromatic rings. The van der Waals surface area contributed by atoms with E-state index in [1.807, 2.05) is 0 Å². The SMILES string of the molecule is O=C(O)CC(C[N+](=O)[O-])c1c(Br)cc(F)c(N=NN2CCCC2)c1F. The highest BCUT2D eigenvalue weighted by Crippen LogP contribution is 2.37. The van der Waals surface area contributed by atoms with Gasteiger partial charge in [0.1, 0.15) is 0 Å². The number of rotatable bonds is 7. The summed E-state index contributed by atoms with van der Waals surface area (Å²) in [5, 5.41) is 28.7. The summed E-state index contributed by atoms with van der Waals surface area (Å²) in [6, 6.07) is 0.908. The number of carboxylic acid groups (broad SMARTS) is 1. The highest BCUT2D eigenvalue weighted by molar-refractivity contribution is 9.10. The number of nitrogens with zero attached hydrogens (tertiary/aromatic N) is 4. The molecule has 136 valence electrons. The maximum atomic E-state index is 14.8. The largest absolute Gasteiger partial charge is 0.481 e. The molecule has 0 amide bonds. The fourth-order valence-corrected chi connectivity index (χ4v) is 3.31. The van der Waals surface area contributed by atoms with E-state index in [4.69, 9.17) is 5.11 Å². The fraction of sp³-hybridized carbons (Fsp3) is 0.500. The molecule has 1 N–H and O–H groups in total. The van der Waals surface area contributed by atoms with Crippen LogP contribution < -0.4 is 0 Å². The first kappa shape index (κ1) is 19.2. The first-order valence-electron chi connectivity index (χ1n) is 7.47. The summed E-state index contributed by atoms with van der Waals surface area (Å²) in [6.07, 6.45) is 1.13. The zero-order valence-electron chi connectivity index (χ0n) is 13.0. The van der Waals surface area contributed by atoms with Gasteiger partial charge in [0.15, 0.2) is 17.3 Å². The predicted octanol–water partition coefficient (Wildman–Crippen LogP) is 3.66. The van der Waals surface area contributed by atoms with Gasteiger partial charge < -0.3 is 5.11 Å². The van der Waals surface area contributed by atoms with E-state index in [0.717, 1.165) is 18.9 Å². The van der Waals surface area contributed by atoms with Crippen LogP contribution in [0.2, 0.25) is 0 Å². The molecule has 0 aliphatic carbocycles. The second-order valence-electron chi connectivity index (χ2n) is 5.58. The lowest BCUT2D eigenvalue weighted by molar-refractivity contribution is -0.483. The predicted molar refractivity (Wildman–Crippen MR) is 86.2 cm³/mol. The van der Waals surface area contributed by atoms with Crippen LogP contribution in [-0.4, -0.2) is 40.6 Å². The van der Waals surface area contributed by atoms with Crippen LogP contribution in [0.1, 0.15) is 30.7 Å². The van der Waals surface area contributed by atoms with Gasteiger partial charge in [-0.2, -0.15) is 0 Å². The van der Waals surface area contributed by atoms with E-state index in [2.05, 4.69) is 26.3 Å². The summed E-state index contributed by atoms with van der Waals surface area (Å²) < 4.78 is 28.7. The molecule has 1 aromatic carbocycles. The number of benzene rings is 1. The van der Waals surface area contributed by atoms with Crippen molar-refractivity contribution in [3.63, 3.8) is 0 Å². The molecule has 1 aliphatic heterocycles. The summed E-state index contributed by atoms with van der Waals surface area (Å²) in [4.78, 5) is 21.0. The highest BCUT2D eigenvalue weighted by atomic mass is 79.9. The van der Waals surface area contributed by atoms with Crippen LogP contribution in [0.25, 0.3) is 0 Å². The average Bonchev–Trinajstić information content (AvgIpc) is 2.98. The van der Waals surface area contributed by atoms with Gasteiger partial charge in [-0.15, -0.1) is 5.11 Å². The second kappa shape index (κ2) is 8.28. The van der Waals surface area contributed by atoms with E-state index in [1.54, 1.807) is 5.01 Å². The summed E-state index contributed by atoms with van der Waals surface area (Å²) >= 11 is 2.95. The smallest absolute Gasteiger partial charge is 0.304 e. The Morgan fingerprint density at radius 1 is 1.44 bits per heavy atom. The van der Waals surface area contributed by atoms with Gasteiger partial charge in [0.2, 0.25) is 6.54 Å². The van der Waals surface area contributed by atoms with Crippen molar-refractivity contribution in [2.24, 2.45) is 10.3 Å².